The number of amides is 1. The molecule has 3 heterocycles. The first-order valence-corrected chi connectivity index (χ1v) is 8.46. The monoisotopic (exact) mass is 336 g/mol. The number of benzene rings is 1. The fourth-order valence-electron chi connectivity index (χ4n) is 3.16. The summed E-state index contributed by atoms with van der Waals surface area (Å²) in [5.74, 6) is -0.0651. The van der Waals surface area contributed by atoms with Crippen LogP contribution in [0, 0.1) is 0 Å². The first-order chi connectivity index (χ1) is 12.1. The molecule has 6 heteroatoms. The van der Waals surface area contributed by atoms with Crippen molar-refractivity contribution in [1.82, 2.24) is 14.8 Å². The van der Waals surface area contributed by atoms with Gasteiger partial charge in [-0.05, 0) is 26.0 Å². The summed E-state index contributed by atoms with van der Waals surface area (Å²) in [7, 11) is 0. The Balaban J connectivity index is 1.72. The van der Waals surface area contributed by atoms with Gasteiger partial charge in [-0.2, -0.15) is 5.10 Å². The highest BCUT2D eigenvalue weighted by Crippen LogP contribution is 2.26. The number of aromatic nitrogens is 3. The minimum atomic E-state index is -0.0651. The molecule has 0 saturated heterocycles. The van der Waals surface area contributed by atoms with Crippen molar-refractivity contribution in [2.24, 2.45) is 0 Å². The maximum Gasteiger partial charge on any atom is 0.259 e. The molecule has 6 nitrogen and oxygen atoms in total. The molecule has 0 fully saturated rings. The van der Waals surface area contributed by atoms with E-state index in [1.807, 2.05) is 35.0 Å². The number of pyridine rings is 1. The number of para-hydroxylation sites is 1. The predicted octanol–water partition coefficient (Wildman–Crippen LogP) is 3.19. The van der Waals surface area contributed by atoms with Gasteiger partial charge in [-0.1, -0.05) is 18.2 Å². The SMILES string of the molecule is CC(C)n1ncc2cc(C(=O)N3CCOCc4ccccc43)cnc21. The number of hydrogen-bond donors (Lipinski definition) is 0. The maximum atomic E-state index is 13.1. The number of nitrogens with zero attached hydrogens (tertiary/aromatic N) is 4. The first kappa shape index (κ1) is 15.8. The van der Waals surface area contributed by atoms with Gasteiger partial charge in [-0.15, -0.1) is 0 Å². The van der Waals surface area contributed by atoms with Crippen molar-refractivity contribution in [2.45, 2.75) is 26.5 Å². The first-order valence-electron chi connectivity index (χ1n) is 8.46. The molecule has 0 bridgehead atoms. The van der Waals surface area contributed by atoms with Gasteiger partial charge in [0.25, 0.3) is 5.91 Å². The predicted molar refractivity (Wildman–Crippen MR) is 95.7 cm³/mol. The highest BCUT2D eigenvalue weighted by atomic mass is 16.5. The third kappa shape index (κ3) is 2.78. The summed E-state index contributed by atoms with van der Waals surface area (Å²) in [5, 5.41) is 5.24. The van der Waals surface area contributed by atoms with E-state index < -0.39 is 0 Å². The Morgan fingerprint density at radius 1 is 1.24 bits per heavy atom. The minimum Gasteiger partial charge on any atom is -0.375 e. The molecule has 128 valence electrons. The van der Waals surface area contributed by atoms with Gasteiger partial charge in [0.15, 0.2) is 5.65 Å². The van der Waals surface area contributed by atoms with E-state index in [-0.39, 0.29) is 11.9 Å². The van der Waals surface area contributed by atoms with Crippen molar-refractivity contribution >= 4 is 22.6 Å². The largest absolute Gasteiger partial charge is 0.375 e. The van der Waals surface area contributed by atoms with Gasteiger partial charge in [0.2, 0.25) is 0 Å². The van der Waals surface area contributed by atoms with Crippen molar-refractivity contribution in [1.29, 1.82) is 0 Å². The van der Waals surface area contributed by atoms with E-state index in [1.165, 1.54) is 0 Å². The third-order valence-corrected chi connectivity index (χ3v) is 4.41. The topological polar surface area (TPSA) is 60.2 Å². The molecule has 1 amide bonds. The van der Waals surface area contributed by atoms with Crippen LogP contribution in [0.1, 0.15) is 35.8 Å². The third-order valence-electron chi connectivity index (χ3n) is 4.41. The molecule has 1 aliphatic heterocycles. The van der Waals surface area contributed by atoms with Crippen LogP contribution in [0.3, 0.4) is 0 Å². The summed E-state index contributed by atoms with van der Waals surface area (Å²) in [6, 6.07) is 9.95. The van der Waals surface area contributed by atoms with E-state index in [4.69, 9.17) is 4.74 Å². The van der Waals surface area contributed by atoms with Gasteiger partial charge in [-0.3, -0.25) is 4.79 Å². The number of fused-ring (bicyclic) bond motifs is 2. The molecule has 1 aromatic carbocycles. The molecule has 4 rings (SSSR count). The van der Waals surface area contributed by atoms with Crippen molar-refractivity contribution in [3.8, 4) is 0 Å². The summed E-state index contributed by atoms with van der Waals surface area (Å²) >= 11 is 0. The Morgan fingerprint density at radius 2 is 2.08 bits per heavy atom. The molecule has 3 aromatic rings. The highest BCUT2D eigenvalue weighted by Gasteiger charge is 2.23. The molecule has 1 aliphatic rings. The second-order valence-electron chi connectivity index (χ2n) is 6.46. The second kappa shape index (κ2) is 6.29. The number of ether oxygens (including phenoxy) is 1. The molecule has 0 spiro atoms. The Kier molecular flexibility index (Phi) is 3.97. The van der Waals surface area contributed by atoms with Crippen LogP contribution in [0.5, 0.6) is 0 Å². The van der Waals surface area contributed by atoms with Gasteiger partial charge in [0.05, 0.1) is 25.0 Å². The summed E-state index contributed by atoms with van der Waals surface area (Å²) in [5.41, 5.74) is 3.29. The van der Waals surface area contributed by atoms with E-state index in [9.17, 15) is 4.79 Å². The average molecular weight is 336 g/mol. The van der Waals surface area contributed by atoms with Crippen molar-refractivity contribution < 1.29 is 9.53 Å². The lowest BCUT2D eigenvalue weighted by Crippen LogP contribution is -2.33. The van der Waals surface area contributed by atoms with Crippen LogP contribution in [0.25, 0.3) is 11.0 Å². The van der Waals surface area contributed by atoms with Crippen LogP contribution < -0.4 is 4.90 Å². The van der Waals surface area contributed by atoms with Gasteiger partial charge < -0.3 is 9.64 Å². The summed E-state index contributed by atoms with van der Waals surface area (Å²) in [4.78, 5) is 19.4. The highest BCUT2D eigenvalue weighted by molar-refractivity contribution is 6.07. The summed E-state index contributed by atoms with van der Waals surface area (Å²) in [6.07, 6.45) is 3.40. The minimum absolute atomic E-state index is 0.0651. The zero-order chi connectivity index (χ0) is 17.4. The van der Waals surface area contributed by atoms with Crippen molar-refractivity contribution in [3.05, 3.63) is 53.9 Å². The molecule has 0 atom stereocenters. The van der Waals surface area contributed by atoms with E-state index in [1.54, 1.807) is 17.3 Å². The number of rotatable bonds is 2. The number of carbonyl (C=O) groups is 1. The average Bonchev–Trinajstić information content (AvgIpc) is 2.93. The summed E-state index contributed by atoms with van der Waals surface area (Å²) in [6.45, 7) is 5.68. The Morgan fingerprint density at radius 3 is 2.92 bits per heavy atom. The van der Waals surface area contributed by atoms with Gasteiger partial charge >= 0.3 is 0 Å². The molecular formula is C19H20N4O2. The lowest BCUT2D eigenvalue weighted by atomic mass is 10.1. The molecule has 0 aliphatic carbocycles. The standard InChI is InChI=1S/C19H20N4O2/c1-13(2)23-18-15(11-21-23)9-16(10-20-18)19(24)22-7-8-25-12-14-5-3-4-6-17(14)22/h3-6,9-11,13H,7-8,12H2,1-2H3. The maximum absolute atomic E-state index is 13.1. The Labute approximate surface area is 146 Å². The smallest absolute Gasteiger partial charge is 0.259 e. The lowest BCUT2D eigenvalue weighted by Gasteiger charge is -2.22. The fourth-order valence-corrected chi connectivity index (χ4v) is 3.16. The number of carbonyl (C=O) groups excluding carboxylic acids is 1. The molecule has 2 aromatic heterocycles. The normalized spacial score (nSPS) is 14.6. The van der Waals surface area contributed by atoms with Crippen LogP contribution in [-0.4, -0.2) is 33.8 Å². The molecule has 0 radical (unpaired) electrons. The van der Waals surface area contributed by atoms with Gasteiger partial charge in [0.1, 0.15) is 0 Å². The van der Waals surface area contributed by atoms with Crippen LogP contribution in [-0.2, 0) is 11.3 Å². The van der Waals surface area contributed by atoms with Crippen molar-refractivity contribution in [3.63, 3.8) is 0 Å². The van der Waals surface area contributed by atoms with E-state index in [0.29, 0.717) is 25.3 Å². The zero-order valence-electron chi connectivity index (χ0n) is 14.3. The Hall–Kier alpha value is -2.73. The molecular weight excluding hydrogens is 316 g/mol. The zero-order valence-corrected chi connectivity index (χ0v) is 14.3. The van der Waals surface area contributed by atoms with Crippen LogP contribution >= 0.6 is 0 Å². The molecule has 0 N–H and O–H groups in total. The van der Waals surface area contributed by atoms with Crippen molar-refractivity contribution in [2.75, 3.05) is 18.1 Å². The quantitative estimate of drug-likeness (QED) is 0.721. The molecule has 25 heavy (non-hydrogen) atoms. The summed E-state index contributed by atoms with van der Waals surface area (Å²) < 4.78 is 7.47. The molecule has 0 saturated carbocycles. The fraction of sp³-hybridized carbons (Fsp3) is 0.316. The molecule has 0 unspecified atom stereocenters. The van der Waals surface area contributed by atoms with Gasteiger partial charge in [0, 0.05) is 35.4 Å². The number of anilines is 1. The van der Waals surface area contributed by atoms with E-state index >= 15 is 0 Å². The van der Waals surface area contributed by atoms with Crippen LogP contribution in [0.15, 0.2) is 42.7 Å². The van der Waals surface area contributed by atoms with Gasteiger partial charge in [-0.25, -0.2) is 9.67 Å². The number of hydrogen-bond acceptors (Lipinski definition) is 4. The van der Waals surface area contributed by atoms with E-state index in [2.05, 4.69) is 23.9 Å². The lowest BCUT2D eigenvalue weighted by molar-refractivity contribution is 0.0965. The van der Waals surface area contributed by atoms with Crippen LogP contribution in [0.4, 0.5) is 5.69 Å². The van der Waals surface area contributed by atoms with Crippen LogP contribution in [0.2, 0.25) is 0 Å². The second-order valence-corrected chi connectivity index (χ2v) is 6.46. The van der Waals surface area contributed by atoms with E-state index in [0.717, 1.165) is 22.3 Å². The Bertz CT molecular complexity index is 932.